The molecule has 2 aliphatic rings. The average molecular weight is 457 g/mol. The van der Waals surface area contributed by atoms with E-state index >= 15 is 0 Å². The van der Waals surface area contributed by atoms with Crippen LogP contribution in [-0.2, 0) is 14.8 Å². The van der Waals surface area contributed by atoms with Crippen molar-refractivity contribution in [1.29, 1.82) is 0 Å². The summed E-state index contributed by atoms with van der Waals surface area (Å²) in [6, 6.07) is 13.4. The molecular weight excluding hydrogens is 428 g/mol. The Morgan fingerprint density at radius 1 is 0.938 bits per heavy atom. The number of piperazine rings is 1. The Balaban J connectivity index is 1.32. The van der Waals surface area contributed by atoms with Gasteiger partial charge in [0.15, 0.2) is 0 Å². The molecule has 4 rings (SSSR count). The van der Waals surface area contributed by atoms with E-state index in [4.69, 9.17) is 0 Å². The van der Waals surface area contributed by atoms with Crippen LogP contribution < -0.4 is 10.0 Å². The van der Waals surface area contributed by atoms with E-state index in [1.807, 2.05) is 24.0 Å². The van der Waals surface area contributed by atoms with Gasteiger partial charge < -0.3 is 10.2 Å². The number of nitrogens with zero attached hydrogens (tertiary/aromatic N) is 2. The molecule has 0 bridgehead atoms. The molecule has 2 aromatic rings. The Morgan fingerprint density at radius 3 is 2.16 bits per heavy atom. The number of hydrogen-bond donors (Lipinski definition) is 2. The highest BCUT2D eigenvalue weighted by Gasteiger charge is 2.27. The third kappa shape index (κ3) is 5.66. The highest BCUT2D eigenvalue weighted by Crippen LogP contribution is 2.19. The van der Waals surface area contributed by atoms with Crippen molar-refractivity contribution in [1.82, 2.24) is 15.1 Å². The van der Waals surface area contributed by atoms with E-state index in [0.717, 1.165) is 18.4 Å². The monoisotopic (exact) mass is 456 g/mol. The summed E-state index contributed by atoms with van der Waals surface area (Å²) in [5.41, 5.74) is 1.97. The van der Waals surface area contributed by atoms with Gasteiger partial charge in [-0.05, 0) is 56.2 Å². The molecule has 170 valence electrons. The molecule has 2 aromatic carbocycles. The third-order valence-electron chi connectivity index (χ3n) is 5.68. The van der Waals surface area contributed by atoms with E-state index in [9.17, 15) is 18.0 Å². The molecule has 8 nitrogen and oxygen atoms in total. The lowest BCUT2D eigenvalue weighted by Crippen LogP contribution is -2.51. The number of hydrogen-bond acceptors (Lipinski definition) is 5. The lowest BCUT2D eigenvalue weighted by atomic mass is 10.2. The summed E-state index contributed by atoms with van der Waals surface area (Å²) >= 11 is 0. The topological polar surface area (TPSA) is 98.8 Å². The van der Waals surface area contributed by atoms with Gasteiger partial charge in [-0.1, -0.05) is 17.7 Å². The van der Waals surface area contributed by atoms with Crippen molar-refractivity contribution in [2.24, 2.45) is 0 Å². The Kier molecular flexibility index (Phi) is 6.48. The van der Waals surface area contributed by atoms with Gasteiger partial charge in [0.05, 0.1) is 11.4 Å². The largest absolute Gasteiger partial charge is 0.352 e. The summed E-state index contributed by atoms with van der Waals surface area (Å²) in [5.74, 6) is -0.0918. The number of carbonyl (C=O) groups is 2. The second-order valence-corrected chi connectivity index (χ2v) is 10.1. The van der Waals surface area contributed by atoms with Crippen LogP contribution in [-0.4, -0.2) is 68.8 Å². The number of rotatable bonds is 7. The van der Waals surface area contributed by atoms with Crippen molar-refractivity contribution in [3.63, 3.8) is 0 Å². The molecule has 9 heteroatoms. The predicted molar refractivity (Wildman–Crippen MR) is 122 cm³/mol. The van der Waals surface area contributed by atoms with Crippen LogP contribution in [0.1, 0.15) is 28.8 Å². The van der Waals surface area contributed by atoms with Crippen LogP contribution in [0, 0.1) is 6.92 Å². The van der Waals surface area contributed by atoms with Gasteiger partial charge in [0, 0.05) is 43.5 Å². The Labute approximate surface area is 188 Å². The van der Waals surface area contributed by atoms with E-state index < -0.39 is 10.0 Å². The molecule has 0 atom stereocenters. The number of benzene rings is 2. The summed E-state index contributed by atoms with van der Waals surface area (Å²) in [7, 11) is -3.74. The van der Waals surface area contributed by atoms with Crippen molar-refractivity contribution in [2.45, 2.75) is 30.7 Å². The maximum Gasteiger partial charge on any atom is 0.261 e. The van der Waals surface area contributed by atoms with Crippen LogP contribution >= 0.6 is 0 Å². The zero-order valence-corrected chi connectivity index (χ0v) is 18.9. The van der Waals surface area contributed by atoms with Gasteiger partial charge in [-0.15, -0.1) is 0 Å². The van der Waals surface area contributed by atoms with Crippen molar-refractivity contribution in [3.8, 4) is 0 Å². The van der Waals surface area contributed by atoms with Crippen LogP contribution in [0.3, 0.4) is 0 Å². The van der Waals surface area contributed by atoms with Gasteiger partial charge in [0.25, 0.3) is 15.9 Å². The van der Waals surface area contributed by atoms with Crippen LogP contribution in [0.25, 0.3) is 0 Å². The second kappa shape index (κ2) is 9.30. The molecule has 1 saturated heterocycles. The van der Waals surface area contributed by atoms with E-state index in [2.05, 4.69) is 10.0 Å². The van der Waals surface area contributed by atoms with Gasteiger partial charge >= 0.3 is 0 Å². The fourth-order valence-corrected chi connectivity index (χ4v) is 4.67. The maximum absolute atomic E-state index is 12.8. The van der Waals surface area contributed by atoms with Crippen LogP contribution in [0.15, 0.2) is 53.4 Å². The first-order valence-electron chi connectivity index (χ1n) is 10.8. The molecule has 0 unspecified atom stereocenters. The van der Waals surface area contributed by atoms with Crippen LogP contribution in [0.2, 0.25) is 0 Å². The molecule has 0 radical (unpaired) electrons. The minimum absolute atomic E-state index is 0.0447. The van der Waals surface area contributed by atoms with E-state index in [-0.39, 0.29) is 16.7 Å². The first-order valence-corrected chi connectivity index (χ1v) is 12.3. The Morgan fingerprint density at radius 2 is 1.56 bits per heavy atom. The molecule has 2 N–H and O–H groups in total. The van der Waals surface area contributed by atoms with Gasteiger partial charge in [-0.3, -0.25) is 19.2 Å². The molecule has 32 heavy (non-hydrogen) atoms. The zero-order chi connectivity index (χ0) is 22.7. The number of aryl methyl sites for hydroxylation is 1. The van der Waals surface area contributed by atoms with Crippen molar-refractivity contribution in [3.05, 3.63) is 59.7 Å². The molecular formula is C23H28N4O4S. The van der Waals surface area contributed by atoms with Crippen molar-refractivity contribution in [2.75, 3.05) is 37.4 Å². The summed E-state index contributed by atoms with van der Waals surface area (Å²) in [4.78, 5) is 28.7. The molecule has 2 fully saturated rings. The van der Waals surface area contributed by atoms with E-state index in [1.165, 1.54) is 12.1 Å². The highest BCUT2D eigenvalue weighted by atomic mass is 32.2. The molecule has 0 spiro atoms. The average Bonchev–Trinajstić information content (AvgIpc) is 3.59. The second-order valence-electron chi connectivity index (χ2n) is 8.41. The summed E-state index contributed by atoms with van der Waals surface area (Å²) in [6.45, 7) is 4.63. The number of anilines is 1. The highest BCUT2D eigenvalue weighted by molar-refractivity contribution is 7.92. The third-order valence-corrected chi connectivity index (χ3v) is 7.08. The fourth-order valence-electron chi connectivity index (χ4n) is 3.61. The minimum Gasteiger partial charge on any atom is -0.352 e. The van der Waals surface area contributed by atoms with Gasteiger partial charge in [-0.25, -0.2) is 8.42 Å². The summed E-state index contributed by atoms with van der Waals surface area (Å²) < 4.78 is 27.8. The number of sulfonamides is 1. The SMILES string of the molecule is Cc1ccc(NS(=O)(=O)c2ccc(C(=O)N3CCN(CC(=O)NC4CC4)CC3)cc2)cc1. The fraction of sp³-hybridized carbons (Fsp3) is 0.391. The first kappa shape index (κ1) is 22.3. The quantitative estimate of drug-likeness (QED) is 0.662. The maximum atomic E-state index is 12.8. The van der Waals surface area contributed by atoms with Crippen LogP contribution in [0.4, 0.5) is 5.69 Å². The first-order chi connectivity index (χ1) is 15.3. The number of carbonyl (C=O) groups excluding carboxylic acids is 2. The molecule has 1 heterocycles. The van der Waals surface area contributed by atoms with Gasteiger partial charge in [0.2, 0.25) is 5.91 Å². The lowest BCUT2D eigenvalue weighted by Gasteiger charge is -2.34. The predicted octanol–water partition coefficient (Wildman–Crippen LogP) is 1.83. The molecule has 2 amide bonds. The molecule has 1 saturated carbocycles. The zero-order valence-electron chi connectivity index (χ0n) is 18.1. The Hall–Kier alpha value is -2.91. The van der Waals surface area contributed by atoms with E-state index in [0.29, 0.717) is 50.0 Å². The summed E-state index contributed by atoms with van der Waals surface area (Å²) in [6.07, 6.45) is 2.13. The van der Waals surface area contributed by atoms with Crippen molar-refractivity contribution >= 4 is 27.5 Å². The van der Waals surface area contributed by atoms with Crippen LogP contribution in [0.5, 0.6) is 0 Å². The smallest absolute Gasteiger partial charge is 0.261 e. The molecule has 1 aliphatic carbocycles. The molecule has 0 aromatic heterocycles. The summed E-state index contributed by atoms with van der Waals surface area (Å²) in [5, 5.41) is 2.98. The van der Waals surface area contributed by atoms with E-state index in [1.54, 1.807) is 29.2 Å². The normalized spacial score (nSPS) is 17.1. The minimum atomic E-state index is -3.74. The lowest BCUT2D eigenvalue weighted by molar-refractivity contribution is -0.122. The molecule has 1 aliphatic heterocycles. The Bertz CT molecular complexity index is 1070. The standard InChI is InChI=1S/C23H28N4O4S/c1-17-2-6-20(7-3-17)25-32(30,31)21-10-4-18(5-11-21)23(29)27-14-12-26(13-15-27)16-22(28)24-19-8-9-19/h2-7,10-11,19,25H,8-9,12-16H2,1H3,(H,24,28). The van der Waals surface area contributed by atoms with Crippen molar-refractivity contribution < 1.29 is 18.0 Å². The number of amides is 2. The van der Waals surface area contributed by atoms with Gasteiger partial charge in [-0.2, -0.15) is 0 Å². The van der Waals surface area contributed by atoms with Gasteiger partial charge in [0.1, 0.15) is 0 Å². The number of nitrogens with one attached hydrogen (secondary N) is 2.